The first-order chi connectivity index (χ1) is 7.61. The molecule has 2 heterocycles. The molecule has 0 fully saturated rings. The highest BCUT2D eigenvalue weighted by Crippen LogP contribution is 2.18. The summed E-state index contributed by atoms with van der Waals surface area (Å²) < 4.78 is 2.75. The van der Waals surface area contributed by atoms with Crippen LogP contribution >= 0.6 is 22.6 Å². The van der Waals surface area contributed by atoms with E-state index < -0.39 is 0 Å². The van der Waals surface area contributed by atoms with Crippen LogP contribution in [0.3, 0.4) is 0 Å². The third kappa shape index (κ3) is 1.93. The minimum absolute atomic E-state index is 0.574. The lowest BCUT2D eigenvalue weighted by Gasteiger charge is -2.07. The number of rotatable bonds is 1. The fraction of sp³-hybridized carbons (Fsp3) is 0.182. The first kappa shape index (κ1) is 11.1. The number of nitrogens with zero attached hydrogens (tertiary/aromatic N) is 4. The molecule has 2 rings (SSSR count). The van der Waals surface area contributed by atoms with Crippen LogP contribution in [0.4, 0.5) is 0 Å². The van der Waals surface area contributed by atoms with Gasteiger partial charge in [0.25, 0.3) is 0 Å². The van der Waals surface area contributed by atoms with Crippen LogP contribution in [-0.4, -0.2) is 14.8 Å². The van der Waals surface area contributed by atoms with Crippen molar-refractivity contribution in [1.29, 1.82) is 5.26 Å². The number of aryl methyl sites for hydroxylation is 2. The predicted octanol–water partition coefficient (Wildman–Crippen LogP) is 2.36. The van der Waals surface area contributed by atoms with Gasteiger partial charge in [0.2, 0.25) is 0 Å². The zero-order chi connectivity index (χ0) is 11.7. The molecule has 0 N–H and O–H groups in total. The number of hydrogen-bond acceptors (Lipinski definition) is 3. The van der Waals surface area contributed by atoms with Gasteiger partial charge in [0.1, 0.15) is 6.07 Å². The third-order valence-electron chi connectivity index (χ3n) is 2.22. The fourth-order valence-electron chi connectivity index (χ4n) is 1.56. The Labute approximate surface area is 107 Å². The molecule has 0 aromatic carbocycles. The summed E-state index contributed by atoms with van der Waals surface area (Å²) in [5.41, 5.74) is 2.99. The SMILES string of the molecule is Cc1cc(-n2cc(I)cn2)c(C#N)c(C)n1. The van der Waals surface area contributed by atoms with E-state index in [4.69, 9.17) is 5.26 Å². The second kappa shape index (κ2) is 4.22. The number of halogens is 1. The van der Waals surface area contributed by atoms with Crippen molar-refractivity contribution in [3.05, 3.63) is 39.0 Å². The largest absolute Gasteiger partial charge is 0.257 e. The highest BCUT2D eigenvalue weighted by atomic mass is 127. The van der Waals surface area contributed by atoms with Gasteiger partial charge in [-0.05, 0) is 42.5 Å². The van der Waals surface area contributed by atoms with Crippen molar-refractivity contribution >= 4 is 22.6 Å². The van der Waals surface area contributed by atoms with Crippen molar-refractivity contribution in [1.82, 2.24) is 14.8 Å². The molecule has 0 spiro atoms. The molecule has 5 heteroatoms. The molecule has 0 aliphatic rings. The van der Waals surface area contributed by atoms with E-state index in [1.165, 1.54) is 0 Å². The van der Waals surface area contributed by atoms with Gasteiger partial charge in [-0.3, -0.25) is 4.98 Å². The molecule has 2 aromatic heterocycles. The minimum Gasteiger partial charge on any atom is -0.257 e. The summed E-state index contributed by atoms with van der Waals surface area (Å²) >= 11 is 2.19. The van der Waals surface area contributed by atoms with E-state index in [2.05, 4.69) is 38.7 Å². The smallest absolute Gasteiger partial charge is 0.103 e. The molecule has 0 unspecified atom stereocenters. The number of hydrogen-bond donors (Lipinski definition) is 0. The monoisotopic (exact) mass is 324 g/mol. The third-order valence-corrected chi connectivity index (χ3v) is 2.77. The summed E-state index contributed by atoms with van der Waals surface area (Å²) in [7, 11) is 0. The van der Waals surface area contributed by atoms with E-state index in [0.717, 1.165) is 20.6 Å². The molecule has 0 aliphatic heterocycles. The molecule has 0 saturated carbocycles. The summed E-state index contributed by atoms with van der Waals surface area (Å²) in [5, 5.41) is 13.3. The van der Waals surface area contributed by atoms with E-state index in [9.17, 15) is 0 Å². The minimum atomic E-state index is 0.574. The van der Waals surface area contributed by atoms with Crippen LogP contribution in [0.1, 0.15) is 17.0 Å². The Balaban J connectivity index is 2.69. The van der Waals surface area contributed by atoms with Crippen LogP contribution in [0.5, 0.6) is 0 Å². The van der Waals surface area contributed by atoms with Crippen LogP contribution in [0, 0.1) is 28.7 Å². The molecular formula is C11H9IN4. The van der Waals surface area contributed by atoms with E-state index >= 15 is 0 Å². The Morgan fingerprint density at radius 2 is 2.19 bits per heavy atom. The van der Waals surface area contributed by atoms with Crippen molar-refractivity contribution in [3.8, 4) is 11.8 Å². The lowest BCUT2D eigenvalue weighted by molar-refractivity contribution is 0.866. The van der Waals surface area contributed by atoms with Crippen LogP contribution in [-0.2, 0) is 0 Å². The van der Waals surface area contributed by atoms with Crippen LogP contribution in [0.25, 0.3) is 5.69 Å². The Hall–Kier alpha value is -1.42. The van der Waals surface area contributed by atoms with Crippen LogP contribution in [0.15, 0.2) is 18.5 Å². The molecule has 4 nitrogen and oxygen atoms in total. The van der Waals surface area contributed by atoms with E-state index in [0.29, 0.717) is 5.56 Å². The average Bonchev–Trinajstić information content (AvgIpc) is 2.63. The van der Waals surface area contributed by atoms with Gasteiger partial charge in [0, 0.05) is 11.9 Å². The van der Waals surface area contributed by atoms with Gasteiger partial charge < -0.3 is 0 Å². The quantitative estimate of drug-likeness (QED) is 0.757. The normalized spacial score (nSPS) is 10.1. The summed E-state index contributed by atoms with van der Waals surface area (Å²) in [6.07, 6.45) is 3.64. The molecule has 0 saturated heterocycles. The topological polar surface area (TPSA) is 54.5 Å². The molecule has 0 atom stereocenters. The van der Waals surface area contributed by atoms with Gasteiger partial charge >= 0.3 is 0 Å². The first-order valence-corrected chi connectivity index (χ1v) is 5.78. The van der Waals surface area contributed by atoms with Gasteiger partial charge in [-0.1, -0.05) is 0 Å². The van der Waals surface area contributed by atoms with Crippen LogP contribution < -0.4 is 0 Å². The zero-order valence-electron chi connectivity index (χ0n) is 8.90. The first-order valence-electron chi connectivity index (χ1n) is 4.70. The van der Waals surface area contributed by atoms with E-state index in [1.807, 2.05) is 26.1 Å². The molecule has 16 heavy (non-hydrogen) atoms. The van der Waals surface area contributed by atoms with E-state index in [-0.39, 0.29) is 0 Å². The number of nitriles is 1. The van der Waals surface area contributed by atoms with Gasteiger partial charge in [-0.15, -0.1) is 0 Å². The Bertz CT molecular complexity index is 580. The van der Waals surface area contributed by atoms with Gasteiger partial charge in [0.15, 0.2) is 0 Å². The van der Waals surface area contributed by atoms with Crippen molar-refractivity contribution in [3.63, 3.8) is 0 Å². The standard InChI is InChI=1S/C11H9IN4/c1-7-3-11(10(4-13)8(2)15-7)16-6-9(12)5-14-16/h3,5-6H,1-2H3. The maximum atomic E-state index is 9.13. The summed E-state index contributed by atoms with van der Waals surface area (Å²) in [6.45, 7) is 3.75. The Morgan fingerprint density at radius 1 is 1.44 bits per heavy atom. The van der Waals surface area contributed by atoms with E-state index in [1.54, 1.807) is 10.9 Å². The second-order valence-electron chi connectivity index (χ2n) is 3.46. The van der Waals surface area contributed by atoms with Crippen molar-refractivity contribution in [2.24, 2.45) is 0 Å². The Morgan fingerprint density at radius 3 is 2.75 bits per heavy atom. The zero-order valence-corrected chi connectivity index (χ0v) is 11.1. The average molecular weight is 324 g/mol. The highest BCUT2D eigenvalue weighted by Gasteiger charge is 2.10. The summed E-state index contributed by atoms with van der Waals surface area (Å²) in [4.78, 5) is 4.27. The second-order valence-corrected chi connectivity index (χ2v) is 4.70. The maximum absolute atomic E-state index is 9.13. The maximum Gasteiger partial charge on any atom is 0.103 e. The van der Waals surface area contributed by atoms with Gasteiger partial charge in [-0.2, -0.15) is 10.4 Å². The predicted molar refractivity (Wildman–Crippen MR) is 68.3 cm³/mol. The molecule has 0 aliphatic carbocycles. The van der Waals surface area contributed by atoms with Crippen molar-refractivity contribution < 1.29 is 0 Å². The molecule has 0 amide bonds. The fourth-order valence-corrected chi connectivity index (χ4v) is 1.95. The molecule has 0 radical (unpaired) electrons. The van der Waals surface area contributed by atoms with Gasteiger partial charge in [-0.25, -0.2) is 4.68 Å². The molecule has 80 valence electrons. The van der Waals surface area contributed by atoms with Crippen LogP contribution in [0.2, 0.25) is 0 Å². The van der Waals surface area contributed by atoms with Crippen molar-refractivity contribution in [2.75, 3.05) is 0 Å². The van der Waals surface area contributed by atoms with Crippen molar-refractivity contribution in [2.45, 2.75) is 13.8 Å². The molecule has 0 bridgehead atoms. The summed E-state index contributed by atoms with van der Waals surface area (Å²) in [6, 6.07) is 4.04. The van der Waals surface area contributed by atoms with Gasteiger partial charge in [0.05, 0.1) is 26.7 Å². The molecule has 2 aromatic rings. The summed E-state index contributed by atoms with van der Waals surface area (Å²) in [5.74, 6) is 0. The highest BCUT2D eigenvalue weighted by molar-refractivity contribution is 14.1. The Kier molecular flexibility index (Phi) is 2.92. The number of aromatic nitrogens is 3. The number of pyridine rings is 1. The molecular weight excluding hydrogens is 315 g/mol. The lowest BCUT2D eigenvalue weighted by Crippen LogP contribution is -2.03. The lowest BCUT2D eigenvalue weighted by atomic mass is 10.1.